The van der Waals surface area contributed by atoms with E-state index < -0.39 is 0 Å². The highest BCUT2D eigenvalue weighted by molar-refractivity contribution is 5.80. The third-order valence-electron chi connectivity index (χ3n) is 3.77. The van der Waals surface area contributed by atoms with E-state index in [4.69, 9.17) is 4.74 Å². The van der Waals surface area contributed by atoms with E-state index in [1.165, 1.54) is 12.1 Å². The van der Waals surface area contributed by atoms with Crippen molar-refractivity contribution in [2.24, 2.45) is 0 Å². The lowest BCUT2D eigenvalue weighted by Gasteiger charge is -2.35. The van der Waals surface area contributed by atoms with Crippen molar-refractivity contribution in [3.63, 3.8) is 0 Å². The molecule has 0 atom stereocenters. The van der Waals surface area contributed by atoms with Crippen LogP contribution in [-0.2, 0) is 20.7 Å². The number of methoxy groups -OCH3 is 1. The predicted octanol–water partition coefficient (Wildman–Crippen LogP) is 1.08. The molecule has 1 aliphatic rings. The summed E-state index contributed by atoms with van der Waals surface area (Å²) in [5.74, 6) is -0.234. The van der Waals surface area contributed by atoms with E-state index in [-0.39, 0.29) is 24.1 Å². The van der Waals surface area contributed by atoms with Gasteiger partial charge in [-0.05, 0) is 17.7 Å². The number of nitrogens with zero attached hydrogens (tertiary/aromatic N) is 2. The average Bonchev–Trinajstić information content (AvgIpc) is 2.55. The predicted molar refractivity (Wildman–Crippen MR) is 79.8 cm³/mol. The number of halogens is 1. The number of piperazine rings is 1. The maximum atomic E-state index is 12.8. The minimum Gasteiger partial charge on any atom is -0.384 e. The molecule has 2 amide bonds. The summed E-state index contributed by atoms with van der Waals surface area (Å²) in [4.78, 5) is 27.6. The van der Waals surface area contributed by atoms with Gasteiger partial charge in [0.25, 0.3) is 0 Å². The molecule has 1 aromatic rings. The highest BCUT2D eigenvalue weighted by Crippen LogP contribution is 2.09. The maximum absolute atomic E-state index is 12.8. The molecule has 0 radical (unpaired) electrons. The largest absolute Gasteiger partial charge is 0.384 e. The molecule has 1 aromatic carbocycles. The Hall–Kier alpha value is -1.95. The molecular formula is C16H21FN2O3. The molecule has 1 heterocycles. The van der Waals surface area contributed by atoms with Gasteiger partial charge in [-0.15, -0.1) is 0 Å². The van der Waals surface area contributed by atoms with Gasteiger partial charge in [-0.1, -0.05) is 12.1 Å². The second-order valence-electron chi connectivity index (χ2n) is 5.31. The molecule has 0 saturated carbocycles. The standard InChI is InChI=1S/C16H21FN2O3/c1-22-11-6-15(20)18-7-9-19(10-8-18)16(21)12-13-2-4-14(17)5-3-13/h2-5H,6-12H2,1H3. The van der Waals surface area contributed by atoms with Gasteiger partial charge in [-0.25, -0.2) is 4.39 Å². The van der Waals surface area contributed by atoms with Gasteiger partial charge >= 0.3 is 0 Å². The Morgan fingerprint density at radius 2 is 1.59 bits per heavy atom. The summed E-state index contributed by atoms with van der Waals surface area (Å²) in [6, 6.07) is 5.96. The lowest BCUT2D eigenvalue weighted by atomic mass is 10.1. The number of rotatable bonds is 5. The molecule has 0 N–H and O–H groups in total. The quantitative estimate of drug-likeness (QED) is 0.818. The zero-order valence-electron chi connectivity index (χ0n) is 12.8. The van der Waals surface area contributed by atoms with Crippen LogP contribution in [-0.4, -0.2) is 61.5 Å². The van der Waals surface area contributed by atoms with E-state index in [0.29, 0.717) is 39.2 Å². The minimum atomic E-state index is -0.306. The first kappa shape index (κ1) is 16.4. The van der Waals surface area contributed by atoms with Gasteiger partial charge in [-0.2, -0.15) is 0 Å². The average molecular weight is 308 g/mol. The van der Waals surface area contributed by atoms with Gasteiger partial charge in [0.2, 0.25) is 11.8 Å². The number of amides is 2. The fraction of sp³-hybridized carbons (Fsp3) is 0.500. The smallest absolute Gasteiger partial charge is 0.227 e. The van der Waals surface area contributed by atoms with E-state index >= 15 is 0 Å². The summed E-state index contributed by atoms with van der Waals surface area (Å²) in [6.07, 6.45) is 0.637. The lowest BCUT2D eigenvalue weighted by Crippen LogP contribution is -2.51. The normalized spacial score (nSPS) is 15.0. The molecule has 2 rings (SSSR count). The van der Waals surface area contributed by atoms with Crippen LogP contribution in [0.25, 0.3) is 0 Å². The van der Waals surface area contributed by atoms with E-state index in [1.807, 2.05) is 0 Å². The summed E-state index contributed by atoms with van der Waals surface area (Å²) in [7, 11) is 1.57. The Labute approximate surface area is 129 Å². The minimum absolute atomic E-state index is 0.00981. The number of ether oxygens (including phenoxy) is 1. The molecule has 1 aliphatic heterocycles. The van der Waals surface area contributed by atoms with Crippen LogP contribution >= 0.6 is 0 Å². The van der Waals surface area contributed by atoms with Crippen molar-refractivity contribution in [3.05, 3.63) is 35.6 Å². The van der Waals surface area contributed by atoms with Crippen LogP contribution in [0.3, 0.4) is 0 Å². The Morgan fingerprint density at radius 1 is 1.05 bits per heavy atom. The van der Waals surface area contributed by atoms with Gasteiger partial charge < -0.3 is 14.5 Å². The Balaban J connectivity index is 1.79. The van der Waals surface area contributed by atoms with Gasteiger partial charge in [0.05, 0.1) is 19.4 Å². The number of hydrogen-bond acceptors (Lipinski definition) is 3. The summed E-state index contributed by atoms with van der Waals surface area (Å²) < 4.78 is 17.7. The molecule has 1 saturated heterocycles. The van der Waals surface area contributed by atoms with Crippen molar-refractivity contribution < 1.29 is 18.7 Å². The van der Waals surface area contributed by atoms with E-state index in [2.05, 4.69) is 0 Å². The van der Waals surface area contributed by atoms with Crippen LogP contribution < -0.4 is 0 Å². The molecule has 5 nitrogen and oxygen atoms in total. The van der Waals surface area contributed by atoms with Crippen LogP contribution in [0, 0.1) is 5.82 Å². The van der Waals surface area contributed by atoms with Crippen molar-refractivity contribution in [1.29, 1.82) is 0 Å². The molecule has 0 aromatic heterocycles. The third kappa shape index (κ3) is 4.53. The monoisotopic (exact) mass is 308 g/mol. The summed E-state index contributed by atoms with van der Waals surface area (Å²) in [6.45, 7) is 2.61. The number of carbonyl (C=O) groups excluding carboxylic acids is 2. The van der Waals surface area contributed by atoms with Gasteiger partial charge in [0, 0.05) is 33.3 Å². The van der Waals surface area contributed by atoms with E-state index in [9.17, 15) is 14.0 Å². The van der Waals surface area contributed by atoms with Gasteiger partial charge in [-0.3, -0.25) is 9.59 Å². The molecular weight excluding hydrogens is 287 g/mol. The maximum Gasteiger partial charge on any atom is 0.227 e. The van der Waals surface area contributed by atoms with Crippen molar-refractivity contribution in [2.75, 3.05) is 39.9 Å². The van der Waals surface area contributed by atoms with Crippen molar-refractivity contribution in [3.8, 4) is 0 Å². The molecule has 0 bridgehead atoms. The zero-order chi connectivity index (χ0) is 15.9. The van der Waals surface area contributed by atoms with Crippen molar-refractivity contribution in [1.82, 2.24) is 9.80 Å². The first-order valence-corrected chi connectivity index (χ1v) is 7.39. The molecule has 0 unspecified atom stereocenters. The number of benzene rings is 1. The van der Waals surface area contributed by atoms with Crippen LogP contribution in [0.2, 0.25) is 0 Å². The van der Waals surface area contributed by atoms with E-state index in [1.54, 1.807) is 29.0 Å². The van der Waals surface area contributed by atoms with Gasteiger partial charge in [0.15, 0.2) is 0 Å². The highest BCUT2D eigenvalue weighted by Gasteiger charge is 2.23. The first-order valence-electron chi connectivity index (χ1n) is 7.39. The lowest BCUT2D eigenvalue weighted by molar-refractivity contribution is -0.139. The number of carbonyl (C=O) groups is 2. The fourth-order valence-corrected chi connectivity index (χ4v) is 2.44. The fourth-order valence-electron chi connectivity index (χ4n) is 2.44. The Morgan fingerprint density at radius 3 is 2.14 bits per heavy atom. The summed E-state index contributed by atoms with van der Waals surface area (Å²) >= 11 is 0. The second kappa shape index (κ2) is 7.89. The summed E-state index contributed by atoms with van der Waals surface area (Å²) in [5, 5.41) is 0. The molecule has 120 valence electrons. The first-order chi connectivity index (χ1) is 10.6. The second-order valence-corrected chi connectivity index (χ2v) is 5.31. The molecule has 22 heavy (non-hydrogen) atoms. The molecule has 6 heteroatoms. The molecule has 1 fully saturated rings. The van der Waals surface area contributed by atoms with Crippen molar-refractivity contribution >= 4 is 11.8 Å². The Bertz CT molecular complexity index is 511. The van der Waals surface area contributed by atoms with Crippen LogP contribution in [0.4, 0.5) is 4.39 Å². The molecule has 0 spiro atoms. The van der Waals surface area contributed by atoms with Crippen LogP contribution in [0.1, 0.15) is 12.0 Å². The summed E-state index contributed by atoms with van der Waals surface area (Å²) in [5.41, 5.74) is 0.796. The Kier molecular flexibility index (Phi) is 5.89. The zero-order valence-corrected chi connectivity index (χ0v) is 12.8. The van der Waals surface area contributed by atoms with Crippen LogP contribution in [0.15, 0.2) is 24.3 Å². The number of hydrogen-bond donors (Lipinski definition) is 0. The van der Waals surface area contributed by atoms with E-state index in [0.717, 1.165) is 5.56 Å². The van der Waals surface area contributed by atoms with Crippen LogP contribution in [0.5, 0.6) is 0 Å². The molecule has 0 aliphatic carbocycles. The topological polar surface area (TPSA) is 49.9 Å². The highest BCUT2D eigenvalue weighted by atomic mass is 19.1. The third-order valence-corrected chi connectivity index (χ3v) is 3.77. The van der Waals surface area contributed by atoms with Crippen molar-refractivity contribution in [2.45, 2.75) is 12.8 Å². The van der Waals surface area contributed by atoms with Gasteiger partial charge in [0.1, 0.15) is 5.82 Å². The SMILES string of the molecule is COCCC(=O)N1CCN(C(=O)Cc2ccc(F)cc2)CC1.